The Kier molecular flexibility index (Phi) is 4.52. The third-order valence-electron chi connectivity index (χ3n) is 7.55. The lowest BCUT2D eigenvalue weighted by Crippen LogP contribution is -1.94. The van der Waals surface area contributed by atoms with Gasteiger partial charge in [0.2, 0.25) is 0 Å². The highest BCUT2D eigenvalue weighted by Crippen LogP contribution is 2.43. The molecule has 176 valence electrons. The van der Waals surface area contributed by atoms with Crippen molar-refractivity contribution in [1.29, 1.82) is 0 Å². The summed E-state index contributed by atoms with van der Waals surface area (Å²) in [5.41, 5.74) is 6.29. The van der Waals surface area contributed by atoms with Crippen LogP contribution in [0.15, 0.2) is 128 Å². The molecule has 0 aliphatic carbocycles. The van der Waals surface area contributed by atoms with Crippen molar-refractivity contribution in [2.45, 2.75) is 0 Å². The Morgan fingerprint density at radius 3 is 2.03 bits per heavy atom. The van der Waals surface area contributed by atoms with E-state index in [-0.39, 0.29) is 0 Å². The number of rotatable bonds is 2. The predicted molar refractivity (Wildman–Crippen MR) is 158 cm³/mol. The van der Waals surface area contributed by atoms with Gasteiger partial charge in [0.15, 0.2) is 0 Å². The lowest BCUT2D eigenvalue weighted by Gasteiger charge is -2.17. The normalized spacial score (nSPS) is 11.7. The third-order valence-corrected chi connectivity index (χ3v) is 7.55. The van der Waals surface area contributed by atoms with E-state index in [2.05, 4.69) is 113 Å². The van der Waals surface area contributed by atoms with E-state index in [1.165, 1.54) is 32.7 Å². The molecule has 5 aromatic carbocycles. The summed E-state index contributed by atoms with van der Waals surface area (Å²) in [7, 11) is 0. The van der Waals surface area contributed by atoms with Crippen LogP contribution in [0.3, 0.4) is 0 Å². The second kappa shape index (κ2) is 8.19. The molecule has 3 nitrogen and oxygen atoms in total. The molecule has 0 bridgehead atoms. The molecule has 0 fully saturated rings. The first-order valence-corrected chi connectivity index (χ1v) is 12.8. The van der Waals surface area contributed by atoms with Crippen molar-refractivity contribution in [2.75, 3.05) is 0 Å². The zero-order valence-corrected chi connectivity index (χ0v) is 20.5. The van der Waals surface area contributed by atoms with Crippen LogP contribution in [0.4, 0.5) is 0 Å². The zero-order valence-electron chi connectivity index (χ0n) is 20.5. The summed E-state index contributed by atoms with van der Waals surface area (Å²) in [6, 6.07) is 38.6. The largest absolute Gasteiger partial charge is 0.264 e. The lowest BCUT2D eigenvalue weighted by molar-refractivity contribution is 1.35. The Morgan fingerprint density at radius 1 is 0.447 bits per heavy atom. The minimum atomic E-state index is 0.917. The highest BCUT2D eigenvalue weighted by Gasteiger charge is 2.18. The molecule has 0 aliphatic rings. The van der Waals surface area contributed by atoms with Crippen molar-refractivity contribution in [3.63, 3.8) is 0 Å². The Hall–Kier alpha value is -5.15. The molecule has 0 atom stereocenters. The fourth-order valence-electron chi connectivity index (χ4n) is 5.82. The molecule has 8 rings (SSSR count). The molecule has 3 aromatic heterocycles. The third kappa shape index (κ3) is 3.12. The molecule has 0 aliphatic heterocycles. The lowest BCUT2D eigenvalue weighted by atomic mass is 9.87. The van der Waals surface area contributed by atoms with E-state index in [1.54, 1.807) is 0 Å². The molecule has 0 amide bonds. The van der Waals surface area contributed by atoms with Crippen LogP contribution in [0, 0.1) is 0 Å². The highest BCUT2D eigenvalue weighted by atomic mass is 14.8. The summed E-state index contributed by atoms with van der Waals surface area (Å²) in [5.74, 6) is 0. The number of hydrogen-bond donors (Lipinski definition) is 0. The molecule has 0 saturated heterocycles. The SMILES string of the molecule is c1ccc2cc(-c3c4ccccc4c(-c4ccc5ccc6cccnc6c5n4)c4cnccc34)ccc2c1. The van der Waals surface area contributed by atoms with Crippen LogP contribution in [-0.4, -0.2) is 15.0 Å². The zero-order chi connectivity index (χ0) is 25.1. The molecule has 0 spiro atoms. The predicted octanol–water partition coefficient (Wildman–Crippen LogP) is 8.97. The van der Waals surface area contributed by atoms with Gasteiger partial charge in [0.1, 0.15) is 0 Å². The van der Waals surface area contributed by atoms with Gasteiger partial charge in [-0.2, -0.15) is 0 Å². The smallest absolute Gasteiger partial charge is 0.0972 e. The van der Waals surface area contributed by atoms with Crippen LogP contribution in [0.2, 0.25) is 0 Å². The van der Waals surface area contributed by atoms with E-state index in [0.717, 1.165) is 43.8 Å². The van der Waals surface area contributed by atoms with Crippen molar-refractivity contribution in [1.82, 2.24) is 15.0 Å². The van der Waals surface area contributed by atoms with Gasteiger partial charge in [-0.25, -0.2) is 4.98 Å². The number of hydrogen-bond acceptors (Lipinski definition) is 3. The maximum atomic E-state index is 5.23. The molecular formula is C35H21N3. The quantitative estimate of drug-likeness (QED) is 0.182. The fraction of sp³-hybridized carbons (Fsp3) is 0. The van der Waals surface area contributed by atoms with Crippen LogP contribution in [0.5, 0.6) is 0 Å². The second-order valence-corrected chi connectivity index (χ2v) is 9.69. The van der Waals surface area contributed by atoms with Crippen LogP contribution in [-0.2, 0) is 0 Å². The molecule has 3 heterocycles. The molecular weight excluding hydrogens is 462 g/mol. The Bertz CT molecular complexity index is 2140. The van der Waals surface area contributed by atoms with E-state index >= 15 is 0 Å². The van der Waals surface area contributed by atoms with Gasteiger partial charge >= 0.3 is 0 Å². The summed E-state index contributed by atoms with van der Waals surface area (Å²) in [6.45, 7) is 0. The van der Waals surface area contributed by atoms with Crippen LogP contribution >= 0.6 is 0 Å². The summed E-state index contributed by atoms with van der Waals surface area (Å²) in [6.07, 6.45) is 5.70. The van der Waals surface area contributed by atoms with Crippen molar-refractivity contribution in [2.24, 2.45) is 0 Å². The molecule has 0 saturated carbocycles. The van der Waals surface area contributed by atoms with E-state index in [1.807, 2.05) is 24.7 Å². The van der Waals surface area contributed by atoms with E-state index in [0.29, 0.717) is 0 Å². The van der Waals surface area contributed by atoms with Crippen molar-refractivity contribution in [3.05, 3.63) is 128 Å². The molecule has 0 unspecified atom stereocenters. The first kappa shape index (κ1) is 21.0. The monoisotopic (exact) mass is 483 g/mol. The van der Waals surface area contributed by atoms with Gasteiger partial charge in [-0.15, -0.1) is 0 Å². The van der Waals surface area contributed by atoms with Gasteiger partial charge in [-0.05, 0) is 62.3 Å². The number of fused-ring (bicyclic) bond motifs is 6. The van der Waals surface area contributed by atoms with E-state index < -0.39 is 0 Å². The second-order valence-electron chi connectivity index (χ2n) is 9.69. The molecule has 38 heavy (non-hydrogen) atoms. The van der Waals surface area contributed by atoms with E-state index in [4.69, 9.17) is 4.98 Å². The number of benzene rings is 5. The minimum absolute atomic E-state index is 0.917. The van der Waals surface area contributed by atoms with Crippen molar-refractivity contribution < 1.29 is 0 Å². The molecule has 0 radical (unpaired) electrons. The summed E-state index contributed by atoms with van der Waals surface area (Å²) < 4.78 is 0. The van der Waals surface area contributed by atoms with Crippen LogP contribution < -0.4 is 0 Å². The fourth-order valence-corrected chi connectivity index (χ4v) is 5.82. The van der Waals surface area contributed by atoms with Crippen LogP contribution in [0.25, 0.3) is 76.5 Å². The maximum Gasteiger partial charge on any atom is 0.0972 e. The average molecular weight is 484 g/mol. The summed E-state index contributed by atoms with van der Waals surface area (Å²) in [4.78, 5) is 14.5. The van der Waals surface area contributed by atoms with Gasteiger partial charge in [-0.3, -0.25) is 9.97 Å². The molecule has 0 N–H and O–H groups in total. The first-order chi connectivity index (χ1) is 18.8. The topological polar surface area (TPSA) is 38.7 Å². The highest BCUT2D eigenvalue weighted by molar-refractivity contribution is 6.21. The Labute approximate surface area is 219 Å². The number of nitrogens with zero attached hydrogens (tertiary/aromatic N) is 3. The van der Waals surface area contributed by atoms with Crippen molar-refractivity contribution >= 4 is 54.1 Å². The maximum absolute atomic E-state index is 5.23. The first-order valence-electron chi connectivity index (χ1n) is 12.8. The number of aromatic nitrogens is 3. The van der Waals surface area contributed by atoms with Crippen molar-refractivity contribution in [3.8, 4) is 22.4 Å². The van der Waals surface area contributed by atoms with Gasteiger partial charge in [-0.1, -0.05) is 84.9 Å². The van der Waals surface area contributed by atoms with Gasteiger partial charge in [0.05, 0.1) is 16.7 Å². The Morgan fingerprint density at radius 2 is 1.13 bits per heavy atom. The van der Waals surface area contributed by atoms with Gasteiger partial charge in [0, 0.05) is 40.3 Å². The van der Waals surface area contributed by atoms with Gasteiger partial charge < -0.3 is 0 Å². The minimum Gasteiger partial charge on any atom is -0.264 e. The summed E-state index contributed by atoms with van der Waals surface area (Å²) >= 11 is 0. The number of pyridine rings is 3. The summed E-state index contributed by atoms with van der Waals surface area (Å²) in [5, 5.41) is 9.27. The van der Waals surface area contributed by atoms with E-state index in [9.17, 15) is 0 Å². The standard InChI is InChI=1S/C35H21N3/c1-2-7-25-20-26(14-11-22(25)6-1)32-27-9-3-4-10-28(27)33(30-21-36-19-17-29(30)32)31-16-15-24-13-12-23-8-5-18-37-34(23)35(24)38-31/h1-21H. The molecule has 8 aromatic rings. The molecule has 3 heteroatoms. The van der Waals surface area contributed by atoms with Gasteiger partial charge in [0.25, 0.3) is 0 Å². The van der Waals surface area contributed by atoms with Crippen LogP contribution in [0.1, 0.15) is 0 Å². The Balaban J connectivity index is 1.49. The average Bonchev–Trinajstić information content (AvgIpc) is 2.99.